The smallest absolute Gasteiger partial charge is 0.326 e. The lowest BCUT2D eigenvalue weighted by Crippen LogP contribution is -2.54. The van der Waals surface area contributed by atoms with Crippen molar-refractivity contribution in [1.82, 2.24) is 20.9 Å². The molecule has 0 aromatic heterocycles. The predicted molar refractivity (Wildman–Crippen MR) is 118 cm³/mol. The molecule has 0 spiro atoms. The van der Waals surface area contributed by atoms with Crippen molar-refractivity contribution in [2.24, 2.45) is 11.5 Å². The van der Waals surface area contributed by atoms with Gasteiger partial charge in [0.15, 0.2) is 0 Å². The number of hydrogen-bond donors (Lipinski definition) is 7. The van der Waals surface area contributed by atoms with E-state index in [4.69, 9.17) is 16.6 Å². The molecule has 3 atom stereocenters. The molecule has 0 aliphatic carbocycles. The van der Waals surface area contributed by atoms with Gasteiger partial charge in [-0.2, -0.15) is 0 Å². The van der Waals surface area contributed by atoms with E-state index >= 15 is 0 Å². The first kappa shape index (κ1) is 28.8. The zero-order valence-electron chi connectivity index (χ0n) is 19.0. The summed E-state index contributed by atoms with van der Waals surface area (Å²) in [6.07, 6.45) is 1.63. The van der Waals surface area contributed by atoms with Gasteiger partial charge in [0.2, 0.25) is 23.6 Å². The van der Waals surface area contributed by atoms with Crippen molar-refractivity contribution in [3.8, 4) is 0 Å². The van der Waals surface area contributed by atoms with Crippen LogP contribution in [0.2, 0.25) is 0 Å². The molecule has 1 fully saturated rings. The number of aliphatic carboxylic acids is 2. The second-order valence-corrected chi connectivity index (χ2v) is 7.90. The molecule has 1 heterocycles. The van der Waals surface area contributed by atoms with E-state index in [1.807, 2.05) is 0 Å². The number of nitrogens with two attached hydrogens (primary N) is 2. The van der Waals surface area contributed by atoms with Gasteiger partial charge in [-0.15, -0.1) is 0 Å². The molecule has 14 nitrogen and oxygen atoms in total. The van der Waals surface area contributed by atoms with Crippen LogP contribution < -0.4 is 27.4 Å². The Morgan fingerprint density at radius 3 is 2.26 bits per heavy atom. The molecule has 0 unspecified atom stereocenters. The zero-order chi connectivity index (χ0) is 25.7. The van der Waals surface area contributed by atoms with Crippen LogP contribution in [0, 0.1) is 0 Å². The molecule has 192 valence electrons. The number of carboxylic acid groups (broad SMARTS) is 2. The molecule has 0 saturated carbocycles. The lowest BCUT2D eigenvalue weighted by molar-refractivity contribution is -0.144. The zero-order valence-corrected chi connectivity index (χ0v) is 19.0. The van der Waals surface area contributed by atoms with Gasteiger partial charge >= 0.3 is 11.9 Å². The number of carboxylic acids is 2. The van der Waals surface area contributed by atoms with Gasteiger partial charge in [0, 0.05) is 13.0 Å². The van der Waals surface area contributed by atoms with Crippen LogP contribution in [0.15, 0.2) is 0 Å². The summed E-state index contributed by atoms with van der Waals surface area (Å²) in [5.74, 6) is -4.92. The van der Waals surface area contributed by atoms with Crippen molar-refractivity contribution in [1.29, 1.82) is 0 Å². The highest BCUT2D eigenvalue weighted by molar-refractivity contribution is 5.94. The number of unbranched alkanes of at least 4 members (excludes halogenated alkanes) is 1. The molecule has 1 saturated heterocycles. The maximum Gasteiger partial charge on any atom is 0.326 e. The average Bonchev–Trinajstić information content (AvgIpc) is 3.29. The third-order valence-corrected chi connectivity index (χ3v) is 5.34. The van der Waals surface area contributed by atoms with E-state index < -0.39 is 66.8 Å². The molecule has 9 N–H and O–H groups in total. The van der Waals surface area contributed by atoms with E-state index in [9.17, 15) is 33.9 Å². The predicted octanol–water partition coefficient (Wildman–Crippen LogP) is -2.90. The first-order chi connectivity index (χ1) is 16.1. The molecule has 1 rings (SSSR count). The maximum absolute atomic E-state index is 12.7. The van der Waals surface area contributed by atoms with Gasteiger partial charge in [-0.3, -0.25) is 24.0 Å². The SMILES string of the molecule is NCCCC[C@H](NC(=O)[C@@H]1CCCN1C(=O)CNC(=O)[C@H](CCC(=O)O)NC(=O)CN)C(=O)O. The third-order valence-electron chi connectivity index (χ3n) is 5.34. The fourth-order valence-electron chi connectivity index (χ4n) is 3.53. The quantitative estimate of drug-likeness (QED) is 0.117. The molecule has 0 aromatic rings. The van der Waals surface area contributed by atoms with E-state index in [-0.39, 0.29) is 25.8 Å². The number of hydrogen-bond acceptors (Lipinski definition) is 8. The van der Waals surface area contributed by atoms with Crippen LogP contribution in [0.5, 0.6) is 0 Å². The highest BCUT2D eigenvalue weighted by atomic mass is 16.4. The van der Waals surface area contributed by atoms with Gasteiger partial charge in [-0.1, -0.05) is 0 Å². The fourth-order valence-corrected chi connectivity index (χ4v) is 3.53. The van der Waals surface area contributed by atoms with E-state index in [1.54, 1.807) is 0 Å². The number of nitrogens with one attached hydrogen (secondary N) is 3. The lowest BCUT2D eigenvalue weighted by Gasteiger charge is -2.26. The van der Waals surface area contributed by atoms with E-state index in [2.05, 4.69) is 16.0 Å². The number of nitrogens with zero attached hydrogens (tertiary/aromatic N) is 1. The average molecular weight is 487 g/mol. The first-order valence-electron chi connectivity index (χ1n) is 11.1. The highest BCUT2D eigenvalue weighted by Crippen LogP contribution is 2.18. The van der Waals surface area contributed by atoms with E-state index in [0.29, 0.717) is 32.2 Å². The molecule has 0 bridgehead atoms. The van der Waals surface area contributed by atoms with Gasteiger partial charge in [0.25, 0.3) is 0 Å². The molecule has 0 aromatic carbocycles. The Kier molecular flexibility index (Phi) is 12.5. The van der Waals surface area contributed by atoms with Crippen LogP contribution in [0.1, 0.15) is 44.9 Å². The number of rotatable bonds is 15. The largest absolute Gasteiger partial charge is 0.481 e. The van der Waals surface area contributed by atoms with Crippen molar-refractivity contribution in [2.75, 3.05) is 26.2 Å². The van der Waals surface area contributed by atoms with Crippen molar-refractivity contribution < 1.29 is 39.0 Å². The van der Waals surface area contributed by atoms with Crippen LogP contribution >= 0.6 is 0 Å². The van der Waals surface area contributed by atoms with Crippen LogP contribution in [-0.2, 0) is 28.8 Å². The second kappa shape index (κ2) is 14.8. The molecule has 0 radical (unpaired) electrons. The van der Waals surface area contributed by atoms with Crippen LogP contribution in [0.4, 0.5) is 0 Å². The first-order valence-corrected chi connectivity index (χ1v) is 11.1. The van der Waals surface area contributed by atoms with Gasteiger partial charge in [-0.05, 0) is 45.1 Å². The molecule has 1 aliphatic rings. The van der Waals surface area contributed by atoms with Crippen molar-refractivity contribution >= 4 is 35.6 Å². The van der Waals surface area contributed by atoms with Gasteiger partial charge in [-0.25, -0.2) is 4.79 Å². The molecular formula is C20H34N6O8. The van der Waals surface area contributed by atoms with Gasteiger partial charge < -0.3 is 42.5 Å². The minimum atomic E-state index is -1.19. The standard InChI is InChI=1S/C20H34N6O8/c21-8-2-1-4-13(20(33)34)25-19(32)14-5-3-9-26(14)16(28)11-23-18(31)12(6-7-17(29)30)24-15(27)10-22/h12-14H,1-11,21-22H2,(H,23,31)(H,24,27)(H,25,32)(H,29,30)(H,33,34)/t12-,13-,14-/m0/s1. The topological polar surface area (TPSA) is 234 Å². The third kappa shape index (κ3) is 9.70. The van der Waals surface area contributed by atoms with Crippen LogP contribution in [0.3, 0.4) is 0 Å². The monoisotopic (exact) mass is 486 g/mol. The summed E-state index contributed by atoms with van der Waals surface area (Å²) in [6, 6.07) is -3.17. The highest BCUT2D eigenvalue weighted by Gasteiger charge is 2.36. The number of amides is 4. The minimum Gasteiger partial charge on any atom is -0.481 e. The Morgan fingerprint density at radius 1 is 0.971 bits per heavy atom. The van der Waals surface area contributed by atoms with Crippen molar-refractivity contribution in [2.45, 2.75) is 63.1 Å². The summed E-state index contributed by atoms with van der Waals surface area (Å²) in [5, 5.41) is 25.3. The number of likely N-dealkylation sites (tertiary alicyclic amines) is 1. The summed E-state index contributed by atoms with van der Waals surface area (Å²) in [6.45, 7) is -0.221. The molecule has 34 heavy (non-hydrogen) atoms. The summed E-state index contributed by atoms with van der Waals surface area (Å²) in [5.41, 5.74) is 10.6. The maximum atomic E-state index is 12.7. The Morgan fingerprint density at radius 2 is 1.68 bits per heavy atom. The normalized spacial score (nSPS) is 16.9. The Labute approximate surface area is 196 Å². The fraction of sp³-hybridized carbons (Fsp3) is 0.700. The molecule has 1 aliphatic heterocycles. The van der Waals surface area contributed by atoms with E-state index in [1.165, 1.54) is 4.90 Å². The van der Waals surface area contributed by atoms with Crippen LogP contribution in [0.25, 0.3) is 0 Å². The van der Waals surface area contributed by atoms with Gasteiger partial charge in [0.05, 0.1) is 13.1 Å². The summed E-state index contributed by atoms with van der Waals surface area (Å²) in [7, 11) is 0. The Hall–Kier alpha value is -3.26. The summed E-state index contributed by atoms with van der Waals surface area (Å²) >= 11 is 0. The van der Waals surface area contributed by atoms with Crippen molar-refractivity contribution in [3.05, 3.63) is 0 Å². The minimum absolute atomic E-state index is 0.198. The van der Waals surface area contributed by atoms with Crippen molar-refractivity contribution in [3.63, 3.8) is 0 Å². The molecule has 4 amide bonds. The Balaban J connectivity index is 2.70. The van der Waals surface area contributed by atoms with Crippen LogP contribution in [-0.4, -0.2) is 95.0 Å². The number of carbonyl (C=O) groups is 6. The second-order valence-electron chi connectivity index (χ2n) is 7.90. The lowest BCUT2D eigenvalue weighted by atomic mass is 10.1. The summed E-state index contributed by atoms with van der Waals surface area (Å²) < 4.78 is 0. The Bertz CT molecular complexity index is 761. The van der Waals surface area contributed by atoms with Gasteiger partial charge in [0.1, 0.15) is 18.1 Å². The molecular weight excluding hydrogens is 452 g/mol. The molecule has 14 heteroatoms. The summed E-state index contributed by atoms with van der Waals surface area (Å²) in [4.78, 5) is 72.8. The number of carbonyl (C=O) groups excluding carboxylic acids is 4. The van der Waals surface area contributed by atoms with E-state index in [0.717, 1.165) is 0 Å².